The number of nitrogens with zero attached hydrogens (tertiary/aromatic N) is 1. The van der Waals surface area contributed by atoms with Crippen molar-refractivity contribution >= 4 is 20.6 Å². The molecule has 0 aromatic heterocycles. The highest BCUT2D eigenvalue weighted by molar-refractivity contribution is 6.74. The van der Waals surface area contributed by atoms with Gasteiger partial charge in [-0.25, -0.2) is 4.99 Å². The molecule has 138 valence electrons. The van der Waals surface area contributed by atoms with E-state index in [1.165, 1.54) is 0 Å². The molecule has 2 rings (SSSR count). The molecule has 2 aromatic carbocycles. The third-order valence-corrected chi connectivity index (χ3v) is 9.04. The highest BCUT2D eigenvalue weighted by Crippen LogP contribution is 2.38. The maximum absolute atomic E-state index is 6.46. The Kier molecular flexibility index (Phi) is 6.43. The van der Waals surface area contributed by atoms with E-state index >= 15 is 0 Å². The van der Waals surface area contributed by atoms with Gasteiger partial charge >= 0.3 is 0 Å². The molecule has 0 aliphatic rings. The zero-order valence-corrected chi connectivity index (χ0v) is 17.6. The highest BCUT2D eigenvalue weighted by atomic mass is 28.4. The first-order chi connectivity index (χ1) is 12.2. The van der Waals surface area contributed by atoms with Crippen LogP contribution in [-0.2, 0) is 4.43 Å². The first-order valence-corrected chi connectivity index (χ1v) is 11.8. The van der Waals surface area contributed by atoms with Gasteiger partial charge in [0.15, 0.2) is 5.88 Å². The minimum atomic E-state index is -1.98. The second-order valence-corrected chi connectivity index (χ2v) is 12.5. The molecule has 0 N–H and O–H groups in total. The van der Waals surface area contributed by atoms with Crippen molar-refractivity contribution in [1.82, 2.24) is 0 Å². The van der Waals surface area contributed by atoms with E-state index in [-0.39, 0.29) is 5.04 Å². The Balaban J connectivity index is 2.33. The number of rotatable bonds is 6. The van der Waals surface area contributed by atoms with Gasteiger partial charge in [-0.15, -0.1) is 0 Å². The van der Waals surface area contributed by atoms with E-state index in [1.807, 2.05) is 66.9 Å². The minimum Gasteiger partial charge on any atom is -0.531 e. The van der Waals surface area contributed by atoms with Gasteiger partial charge in [0.2, 0.25) is 0 Å². The molecular formula is C22H29NO2Si. The van der Waals surface area contributed by atoms with Gasteiger partial charge in [-0.1, -0.05) is 63.2 Å². The smallest absolute Gasteiger partial charge is 0.252 e. The standard InChI is InChI=1S/C22H29NO2Si/c1-22(2,3)26(5,6)25-21(23-17-19-10-8-7-9-11-19)16-18-12-14-20(24-4)15-13-18/h7-17H,1-6H3/b21-16-,23-17+. The maximum atomic E-state index is 6.46. The second-order valence-electron chi connectivity index (χ2n) is 7.79. The topological polar surface area (TPSA) is 30.8 Å². The Morgan fingerprint density at radius 1 is 0.923 bits per heavy atom. The summed E-state index contributed by atoms with van der Waals surface area (Å²) in [6.45, 7) is 11.1. The third kappa shape index (κ3) is 5.60. The monoisotopic (exact) mass is 367 g/mol. The Morgan fingerprint density at radius 2 is 1.54 bits per heavy atom. The van der Waals surface area contributed by atoms with E-state index in [4.69, 9.17) is 9.16 Å². The third-order valence-electron chi connectivity index (χ3n) is 4.71. The Morgan fingerprint density at radius 3 is 2.08 bits per heavy atom. The van der Waals surface area contributed by atoms with Crippen molar-refractivity contribution in [2.24, 2.45) is 4.99 Å². The largest absolute Gasteiger partial charge is 0.531 e. The van der Waals surface area contributed by atoms with Crippen molar-refractivity contribution in [3.8, 4) is 5.75 Å². The molecule has 0 radical (unpaired) electrons. The lowest BCUT2D eigenvalue weighted by Crippen LogP contribution is -2.40. The molecule has 3 nitrogen and oxygen atoms in total. The van der Waals surface area contributed by atoms with E-state index < -0.39 is 8.32 Å². The quantitative estimate of drug-likeness (QED) is 0.349. The van der Waals surface area contributed by atoms with Crippen molar-refractivity contribution in [2.75, 3.05) is 7.11 Å². The molecule has 0 unspecified atom stereocenters. The fraction of sp³-hybridized carbons (Fsp3) is 0.318. The van der Waals surface area contributed by atoms with Crippen LogP contribution < -0.4 is 4.74 Å². The van der Waals surface area contributed by atoms with Crippen LogP contribution in [0.1, 0.15) is 31.9 Å². The van der Waals surface area contributed by atoms with Crippen LogP contribution in [0.5, 0.6) is 5.75 Å². The van der Waals surface area contributed by atoms with Crippen LogP contribution >= 0.6 is 0 Å². The highest BCUT2D eigenvalue weighted by Gasteiger charge is 2.39. The number of ether oxygens (including phenoxy) is 1. The molecule has 0 heterocycles. The van der Waals surface area contributed by atoms with Gasteiger partial charge in [0.05, 0.1) is 7.11 Å². The summed E-state index contributed by atoms with van der Waals surface area (Å²) in [4.78, 5) is 4.65. The first-order valence-electron chi connectivity index (χ1n) is 8.85. The van der Waals surface area contributed by atoms with E-state index in [2.05, 4.69) is 38.9 Å². The van der Waals surface area contributed by atoms with Crippen LogP contribution in [0.25, 0.3) is 6.08 Å². The second kappa shape index (κ2) is 8.36. The molecule has 0 fully saturated rings. The molecule has 0 aliphatic carbocycles. The van der Waals surface area contributed by atoms with Crippen molar-refractivity contribution in [1.29, 1.82) is 0 Å². The summed E-state index contributed by atoms with van der Waals surface area (Å²) in [5.74, 6) is 1.48. The average molecular weight is 368 g/mol. The number of hydrogen-bond donors (Lipinski definition) is 0. The summed E-state index contributed by atoms with van der Waals surface area (Å²) < 4.78 is 11.7. The summed E-state index contributed by atoms with van der Waals surface area (Å²) >= 11 is 0. The maximum Gasteiger partial charge on any atom is 0.252 e. The van der Waals surface area contributed by atoms with Crippen molar-refractivity contribution in [3.05, 3.63) is 71.6 Å². The fourth-order valence-corrected chi connectivity index (χ4v) is 2.97. The average Bonchev–Trinajstić information content (AvgIpc) is 2.60. The molecule has 4 heteroatoms. The van der Waals surface area contributed by atoms with Crippen LogP contribution in [0.2, 0.25) is 18.1 Å². The van der Waals surface area contributed by atoms with Crippen molar-refractivity contribution in [3.63, 3.8) is 0 Å². The lowest BCUT2D eigenvalue weighted by Gasteiger charge is -2.36. The Labute approximate surface area is 158 Å². The van der Waals surface area contributed by atoms with Crippen LogP contribution in [0, 0.1) is 0 Å². The molecule has 0 saturated heterocycles. The van der Waals surface area contributed by atoms with Crippen LogP contribution in [0.4, 0.5) is 0 Å². The van der Waals surface area contributed by atoms with Crippen molar-refractivity contribution < 1.29 is 9.16 Å². The number of methoxy groups -OCH3 is 1. The first kappa shape index (κ1) is 20.0. The SMILES string of the molecule is COc1ccc(/C=C(/N=C/c2ccccc2)O[Si](C)(C)C(C)(C)C)cc1. The molecule has 0 spiro atoms. The molecule has 0 aliphatic heterocycles. The van der Waals surface area contributed by atoms with Gasteiger partial charge in [-0.2, -0.15) is 0 Å². The summed E-state index contributed by atoms with van der Waals surface area (Å²) in [6, 6.07) is 18.0. The fourth-order valence-electron chi connectivity index (χ4n) is 2.03. The Hall–Kier alpha value is -2.33. The van der Waals surface area contributed by atoms with Crippen LogP contribution in [0.3, 0.4) is 0 Å². The summed E-state index contributed by atoms with van der Waals surface area (Å²) in [5, 5.41) is 0.105. The molecule has 0 atom stereocenters. The van der Waals surface area contributed by atoms with E-state index in [9.17, 15) is 0 Å². The van der Waals surface area contributed by atoms with E-state index in [0.717, 1.165) is 16.9 Å². The van der Waals surface area contributed by atoms with Crippen molar-refractivity contribution in [2.45, 2.75) is 38.9 Å². The van der Waals surface area contributed by atoms with Crippen LogP contribution in [0.15, 0.2) is 65.5 Å². The molecule has 26 heavy (non-hydrogen) atoms. The summed E-state index contributed by atoms with van der Waals surface area (Å²) in [7, 11) is -0.317. The van der Waals surface area contributed by atoms with Crippen LogP contribution in [-0.4, -0.2) is 21.6 Å². The zero-order valence-electron chi connectivity index (χ0n) is 16.6. The lowest BCUT2D eigenvalue weighted by molar-refractivity contribution is 0.385. The summed E-state index contributed by atoms with van der Waals surface area (Å²) in [5.41, 5.74) is 2.08. The zero-order chi connectivity index (χ0) is 19.2. The van der Waals surface area contributed by atoms with Gasteiger partial charge < -0.3 is 9.16 Å². The number of hydrogen-bond acceptors (Lipinski definition) is 3. The van der Waals surface area contributed by atoms with Gasteiger partial charge in [-0.3, -0.25) is 0 Å². The molecule has 2 aromatic rings. The van der Waals surface area contributed by atoms with E-state index in [1.54, 1.807) is 7.11 Å². The summed E-state index contributed by atoms with van der Waals surface area (Å²) in [6.07, 6.45) is 3.84. The normalized spacial score (nSPS) is 13.1. The predicted octanol–water partition coefficient (Wildman–Crippen LogP) is 6.13. The molecular weight excluding hydrogens is 338 g/mol. The number of benzene rings is 2. The van der Waals surface area contributed by atoms with Gasteiger partial charge in [0, 0.05) is 12.3 Å². The molecule has 0 bridgehead atoms. The number of aliphatic imine (C=N–C) groups is 1. The predicted molar refractivity (Wildman–Crippen MR) is 113 cm³/mol. The van der Waals surface area contributed by atoms with Gasteiger partial charge in [0.1, 0.15) is 5.75 Å². The molecule has 0 amide bonds. The minimum absolute atomic E-state index is 0.105. The lowest BCUT2D eigenvalue weighted by atomic mass is 10.2. The van der Waals surface area contributed by atoms with Gasteiger partial charge in [-0.05, 0) is 41.4 Å². The Bertz CT molecular complexity index is 757. The van der Waals surface area contributed by atoms with E-state index in [0.29, 0.717) is 5.88 Å². The molecule has 0 saturated carbocycles. The van der Waals surface area contributed by atoms with Gasteiger partial charge in [0.25, 0.3) is 8.32 Å².